The van der Waals surface area contributed by atoms with Gasteiger partial charge < -0.3 is 15.8 Å². The predicted molar refractivity (Wildman–Crippen MR) is 64.6 cm³/mol. The summed E-state index contributed by atoms with van der Waals surface area (Å²) in [5, 5.41) is 3.97. The van der Waals surface area contributed by atoms with Crippen molar-refractivity contribution < 1.29 is 4.74 Å². The smallest absolute Gasteiger partial charge is 0.214 e. The predicted octanol–water partition coefficient (Wildman–Crippen LogP) is 1.67. The van der Waals surface area contributed by atoms with Crippen LogP contribution >= 0.6 is 11.8 Å². The third kappa shape index (κ3) is 1.64. The van der Waals surface area contributed by atoms with Crippen LogP contribution < -0.4 is 15.8 Å². The van der Waals surface area contributed by atoms with Gasteiger partial charge in [0.25, 0.3) is 0 Å². The Morgan fingerprint density at radius 3 is 3.06 bits per heavy atom. The molecule has 0 saturated heterocycles. The Morgan fingerprint density at radius 1 is 1.35 bits per heavy atom. The fraction of sp³-hybridized carbons (Fsp3) is 0.100. The van der Waals surface area contributed by atoms with Gasteiger partial charge in [0, 0.05) is 6.07 Å². The van der Waals surface area contributed by atoms with Crippen molar-refractivity contribution in [3.63, 3.8) is 0 Å². The Kier molecular flexibility index (Phi) is 2.25. The number of nitrogens with two attached hydrogens (primary N) is 1. The molecule has 0 saturated carbocycles. The van der Waals surface area contributed by atoms with Crippen LogP contribution in [0.2, 0.25) is 0 Å². The van der Waals surface area contributed by atoms with Gasteiger partial charge in [-0.15, -0.1) is 0 Å². The van der Waals surface area contributed by atoms with Gasteiger partial charge in [0.15, 0.2) is 0 Å². The van der Waals surface area contributed by atoms with Gasteiger partial charge >= 0.3 is 0 Å². The van der Waals surface area contributed by atoms with Crippen LogP contribution in [0.3, 0.4) is 0 Å². The van der Waals surface area contributed by atoms with Gasteiger partial charge in [-0.2, -0.15) is 0 Å². The zero-order chi connectivity index (χ0) is 11.8. The highest BCUT2D eigenvalue weighted by molar-refractivity contribution is 7.99. The quantitative estimate of drug-likeness (QED) is 0.676. The van der Waals surface area contributed by atoms with Gasteiger partial charge in [-0.3, -0.25) is 0 Å². The van der Waals surface area contributed by atoms with Gasteiger partial charge in [-0.1, -0.05) is 11.8 Å². The molecule has 0 aromatic carbocycles. The summed E-state index contributed by atoms with van der Waals surface area (Å²) < 4.78 is 5.08. The standard InChI is InChI=1S/C10H9N5OS/c1-16-6-3-2-5-10(15-6)17-7-8(11)12-4-13-9(7)14-5/h2-4H,1H3,(H3,11,12,13,14). The van der Waals surface area contributed by atoms with Crippen molar-refractivity contribution in [2.45, 2.75) is 9.92 Å². The number of nitrogens with one attached hydrogen (secondary N) is 1. The molecular weight excluding hydrogens is 238 g/mol. The molecule has 3 rings (SSSR count). The maximum Gasteiger partial charge on any atom is 0.214 e. The van der Waals surface area contributed by atoms with Crippen molar-refractivity contribution in [1.29, 1.82) is 0 Å². The molecule has 0 bridgehead atoms. The molecule has 3 N–H and O–H groups in total. The molecule has 17 heavy (non-hydrogen) atoms. The molecule has 0 fully saturated rings. The van der Waals surface area contributed by atoms with E-state index < -0.39 is 0 Å². The van der Waals surface area contributed by atoms with Crippen LogP contribution in [0.15, 0.2) is 28.4 Å². The van der Waals surface area contributed by atoms with Gasteiger partial charge in [0.1, 0.15) is 23.0 Å². The Bertz CT molecular complexity index is 589. The van der Waals surface area contributed by atoms with Crippen molar-refractivity contribution in [3.8, 4) is 5.88 Å². The second-order valence-electron chi connectivity index (χ2n) is 3.37. The summed E-state index contributed by atoms with van der Waals surface area (Å²) in [4.78, 5) is 13.2. The summed E-state index contributed by atoms with van der Waals surface area (Å²) in [7, 11) is 1.58. The summed E-state index contributed by atoms with van der Waals surface area (Å²) in [6.07, 6.45) is 1.43. The number of ether oxygens (including phenoxy) is 1. The zero-order valence-electron chi connectivity index (χ0n) is 8.97. The van der Waals surface area contributed by atoms with Gasteiger partial charge in [-0.25, -0.2) is 15.0 Å². The summed E-state index contributed by atoms with van der Waals surface area (Å²) in [5.41, 5.74) is 6.69. The number of aromatic nitrogens is 3. The van der Waals surface area contributed by atoms with Crippen molar-refractivity contribution in [2.75, 3.05) is 18.2 Å². The largest absolute Gasteiger partial charge is 0.481 e. The van der Waals surface area contributed by atoms with Crippen LogP contribution in [0.1, 0.15) is 0 Å². The highest BCUT2D eigenvalue weighted by atomic mass is 32.2. The lowest BCUT2D eigenvalue weighted by Crippen LogP contribution is -2.07. The summed E-state index contributed by atoms with van der Waals surface area (Å²) >= 11 is 1.44. The lowest BCUT2D eigenvalue weighted by atomic mass is 10.4. The molecule has 86 valence electrons. The highest BCUT2D eigenvalue weighted by Crippen LogP contribution is 2.44. The van der Waals surface area contributed by atoms with E-state index in [1.54, 1.807) is 13.2 Å². The average molecular weight is 247 g/mol. The van der Waals surface area contributed by atoms with Crippen LogP contribution in [0, 0.1) is 0 Å². The summed E-state index contributed by atoms with van der Waals surface area (Å²) in [5.74, 6) is 1.72. The molecule has 0 spiro atoms. The third-order valence-electron chi connectivity index (χ3n) is 2.33. The molecule has 0 unspecified atom stereocenters. The zero-order valence-corrected chi connectivity index (χ0v) is 9.78. The fourth-order valence-electron chi connectivity index (χ4n) is 1.51. The molecule has 3 heterocycles. The number of fused-ring (bicyclic) bond motifs is 2. The number of hydrogen-bond acceptors (Lipinski definition) is 7. The van der Waals surface area contributed by atoms with Crippen molar-refractivity contribution >= 4 is 29.1 Å². The second kappa shape index (κ2) is 3.77. The number of methoxy groups -OCH3 is 1. The fourth-order valence-corrected chi connectivity index (χ4v) is 2.43. The number of pyridine rings is 1. The molecule has 0 radical (unpaired) electrons. The van der Waals surface area contributed by atoms with E-state index in [4.69, 9.17) is 10.5 Å². The van der Waals surface area contributed by atoms with E-state index in [-0.39, 0.29) is 0 Å². The van der Waals surface area contributed by atoms with Crippen LogP contribution in [-0.2, 0) is 0 Å². The molecule has 2 aromatic rings. The molecule has 1 aliphatic rings. The molecule has 6 nitrogen and oxygen atoms in total. The molecule has 7 heteroatoms. The average Bonchev–Trinajstić information content (AvgIpc) is 2.37. The lowest BCUT2D eigenvalue weighted by Gasteiger charge is -2.19. The minimum absolute atomic E-state index is 0.447. The summed E-state index contributed by atoms with van der Waals surface area (Å²) in [6.45, 7) is 0. The number of nitrogens with zero attached hydrogens (tertiary/aromatic N) is 3. The van der Waals surface area contributed by atoms with Crippen LogP contribution in [0.4, 0.5) is 17.3 Å². The van der Waals surface area contributed by atoms with Gasteiger partial charge in [0.2, 0.25) is 5.88 Å². The molecule has 0 amide bonds. The van der Waals surface area contributed by atoms with Crippen LogP contribution in [0.25, 0.3) is 0 Å². The normalized spacial score (nSPS) is 12.3. The van der Waals surface area contributed by atoms with E-state index in [9.17, 15) is 0 Å². The van der Waals surface area contributed by atoms with Gasteiger partial charge in [-0.05, 0) is 6.07 Å². The second-order valence-corrected chi connectivity index (χ2v) is 4.37. The van der Waals surface area contributed by atoms with E-state index in [1.165, 1.54) is 18.1 Å². The first-order valence-corrected chi connectivity index (χ1v) is 5.70. The summed E-state index contributed by atoms with van der Waals surface area (Å²) in [6, 6.07) is 3.69. The van der Waals surface area contributed by atoms with E-state index in [1.807, 2.05) is 6.07 Å². The van der Waals surface area contributed by atoms with Crippen molar-refractivity contribution in [1.82, 2.24) is 15.0 Å². The maximum atomic E-state index is 5.80. The number of nitrogen functional groups attached to an aromatic ring is 1. The van der Waals surface area contributed by atoms with Gasteiger partial charge in [0.05, 0.1) is 17.7 Å². The van der Waals surface area contributed by atoms with E-state index in [0.717, 1.165) is 15.6 Å². The SMILES string of the molecule is COc1ccc2c(n1)Sc1c(N)ncnc1N2. The van der Waals surface area contributed by atoms with Crippen molar-refractivity contribution in [3.05, 3.63) is 18.5 Å². The van der Waals surface area contributed by atoms with E-state index in [0.29, 0.717) is 17.5 Å². The van der Waals surface area contributed by atoms with E-state index >= 15 is 0 Å². The number of hydrogen-bond donors (Lipinski definition) is 2. The number of anilines is 3. The Labute approximate surface area is 102 Å². The minimum Gasteiger partial charge on any atom is -0.481 e. The third-order valence-corrected chi connectivity index (χ3v) is 3.44. The Morgan fingerprint density at radius 2 is 2.24 bits per heavy atom. The first-order chi connectivity index (χ1) is 8.28. The minimum atomic E-state index is 0.447. The Balaban J connectivity index is 2.08. The topological polar surface area (TPSA) is 86.0 Å². The van der Waals surface area contributed by atoms with Crippen molar-refractivity contribution in [2.24, 2.45) is 0 Å². The first-order valence-electron chi connectivity index (χ1n) is 4.88. The molecule has 1 aliphatic heterocycles. The Hall–Kier alpha value is -2.02. The molecular formula is C10H9N5OS. The molecule has 0 atom stereocenters. The first kappa shape index (κ1) is 10.2. The van der Waals surface area contributed by atoms with Crippen LogP contribution in [0.5, 0.6) is 5.88 Å². The van der Waals surface area contributed by atoms with E-state index in [2.05, 4.69) is 20.3 Å². The van der Waals surface area contributed by atoms with Crippen LogP contribution in [-0.4, -0.2) is 22.1 Å². The highest BCUT2D eigenvalue weighted by Gasteiger charge is 2.21. The monoisotopic (exact) mass is 247 g/mol. The molecule has 0 aliphatic carbocycles. The number of rotatable bonds is 1. The molecule has 2 aromatic heterocycles. The maximum absolute atomic E-state index is 5.80. The lowest BCUT2D eigenvalue weighted by molar-refractivity contribution is 0.394.